The molecule has 6 aromatic heterocycles. The molecule has 418 valence electrons. The number of benzene rings is 14. The maximum atomic E-state index is 6.25. The van der Waals surface area contributed by atoms with Gasteiger partial charge in [0.25, 0.3) is 0 Å². The average Bonchev–Trinajstić information content (AvgIpc) is 1.75. The van der Waals surface area contributed by atoms with E-state index in [1.165, 1.54) is 21.5 Å². The van der Waals surface area contributed by atoms with E-state index in [0.717, 1.165) is 177 Å². The summed E-state index contributed by atoms with van der Waals surface area (Å²) >= 11 is 0. The van der Waals surface area contributed by atoms with Crippen molar-refractivity contribution in [3.05, 3.63) is 291 Å². The lowest BCUT2D eigenvalue weighted by Gasteiger charge is -2.12. The van der Waals surface area contributed by atoms with E-state index in [9.17, 15) is 0 Å². The minimum atomic E-state index is 0.890. The van der Waals surface area contributed by atoms with E-state index in [0.29, 0.717) is 0 Å². The van der Waals surface area contributed by atoms with Gasteiger partial charge in [0.05, 0.1) is 22.1 Å². The highest BCUT2D eigenvalue weighted by molar-refractivity contribution is 6.16. The third kappa shape index (κ3) is 7.39. The molecule has 0 radical (unpaired) electrons. The van der Waals surface area contributed by atoms with Crippen molar-refractivity contribution in [3.8, 4) is 67.0 Å². The van der Waals surface area contributed by atoms with Crippen LogP contribution in [0.2, 0.25) is 0 Å². The maximum Gasteiger partial charge on any atom is 0.135 e. The van der Waals surface area contributed by atoms with Crippen LogP contribution in [0.4, 0.5) is 0 Å². The van der Waals surface area contributed by atoms with Crippen LogP contribution in [0.3, 0.4) is 0 Å². The van der Waals surface area contributed by atoms with Crippen molar-refractivity contribution in [2.45, 2.75) is 0 Å². The molecule has 90 heavy (non-hydrogen) atoms. The molecule has 0 aliphatic rings. The van der Waals surface area contributed by atoms with Gasteiger partial charge in [0.15, 0.2) is 0 Å². The van der Waals surface area contributed by atoms with Crippen molar-refractivity contribution in [2.75, 3.05) is 0 Å². The number of hydrogen-bond donors (Lipinski definition) is 0. The first-order valence-corrected chi connectivity index (χ1v) is 30.6. The normalized spacial score (nSPS) is 12.2. The molecule has 0 saturated carbocycles. The molecule has 0 spiro atoms. The molecule has 6 heterocycles. The molecule has 20 aromatic rings. The van der Waals surface area contributed by atoms with Gasteiger partial charge < -0.3 is 26.8 Å². The standard InChI is InChI=1S/C84H48N2O4/c1-5-13-77-61(9-1)69-45-55(25-37-81(69)87-77)51-21-33-73-65(41-51)66-42-52(56-26-38-82-70(46-56)62-10-2-6-14-78(62)88-82)22-34-74(66)85(73)59-29-17-49(18-30-59)50-19-31-60(32-20-50)86-75-35-23-53(57-27-39-83-71(47-57)63-11-3-7-15-79(63)89-83)43-67(75)68-44-54(24-36-76(68)86)58-28-40-84-72(48-58)64-12-4-8-16-80(64)90-84/h1-48H. The predicted octanol–water partition coefficient (Wildman–Crippen LogP) is 23.8. The van der Waals surface area contributed by atoms with Crippen LogP contribution < -0.4 is 0 Å². The summed E-state index contributed by atoms with van der Waals surface area (Å²) < 4.78 is 29.9. The second kappa shape index (κ2) is 18.7. The Bertz CT molecular complexity index is 5670. The topological polar surface area (TPSA) is 62.4 Å². The average molecular weight is 1150 g/mol. The summed E-state index contributed by atoms with van der Waals surface area (Å²) in [6.45, 7) is 0. The van der Waals surface area contributed by atoms with E-state index in [4.69, 9.17) is 17.7 Å². The van der Waals surface area contributed by atoms with Gasteiger partial charge in [-0.2, -0.15) is 0 Å². The summed E-state index contributed by atoms with van der Waals surface area (Å²) in [6.07, 6.45) is 0. The molecule has 0 atom stereocenters. The van der Waals surface area contributed by atoms with Crippen molar-refractivity contribution in [1.29, 1.82) is 0 Å². The zero-order valence-corrected chi connectivity index (χ0v) is 48.2. The molecule has 6 nitrogen and oxygen atoms in total. The molecule has 20 rings (SSSR count). The number of fused-ring (bicyclic) bond motifs is 18. The summed E-state index contributed by atoms with van der Waals surface area (Å²) in [5.41, 5.74) is 25.3. The molecule has 0 saturated heterocycles. The Kier molecular flexibility index (Phi) is 10.2. The molecule has 0 amide bonds. The van der Waals surface area contributed by atoms with E-state index < -0.39 is 0 Å². The number of aromatic nitrogens is 2. The maximum absolute atomic E-state index is 6.25. The Labute approximate surface area is 513 Å². The van der Waals surface area contributed by atoms with E-state index in [2.05, 4.69) is 252 Å². The van der Waals surface area contributed by atoms with Crippen molar-refractivity contribution in [1.82, 2.24) is 9.13 Å². The highest BCUT2D eigenvalue weighted by atomic mass is 16.3. The molecular weight excluding hydrogens is 1100 g/mol. The van der Waals surface area contributed by atoms with Crippen molar-refractivity contribution in [2.24, 2.45) is 0 Å². The monoisotopic (exact) mass is 1150 g/mol. The number of furan rings is 4. The molecule has 14 aromatic carbocycles. The highest BCUT2D eigenvalue weighted by Crippen LogP contribution is 2.44. The minimum absolute atomic E-state index is 0.890. The van der Waals surface area contributed by atoms with E-state index in [1.807, 2.05) is 48.5 Å². The van der Waals surface area contributed by atoms with Gasteiger partial charge in [-0.05, 0) is 201 Å². The molecule has 0 fully saturated rings. The minimum Gasteiger partial charge on any atom is -0.456 e. The second-order valence-corrected chi connectivity index (χ2v) is 23.9. The predicted molar refractivity (Wildman–Crippen MR) is 371 cm³/mol. The Morgan fingerprint density at radius 1 is 0.156 bits per heavy atom. The van der Waals surface area contributed by atoms with Gasteiger partial charge in [-0.15, -0.1) is 0 Å². The Morgan fingerprint density at radius 3 is 0.611 bits per heavy atom. The summed E-state index contributed by atoms with van der Waals surface area (Å²) in [6, 6.07) is 105. The molecule has 0 N–H and O–H groups in total. The van der Waals surface area contributed by atoms with Crippen LogP contribution >= 0.6 is 0 Å². The first kappa shape index (κ1) is 49.0. The fourth-order valence-corrected chi connectivity index (χ4v) is 14.5. The van der Waals surface area contributed by atoms with Crippen molar-refractivity contribution in [3.63, 3.8) is 0 Å². The smallest absolute Gasteiger partial charge is 0.135 e. The van der Waals surface area contributed by atoms with E-state index >= 15 is 0 Å². The van der Waals surface area contributed by atoms with Crippen molar-refractivity contribution >= 4 is 131 Å². The molecule has 0 bridgehead atoms. The van der Waals surface area contributed by atoms with Crippen LogP contribution in [0.5, 0.6) is 0 Å². The quantitative estimate of drug-likeness (QED) is 0.160. The van der Waals surface area contributed by atoms with Crippen LogP contribution in [-0.2, 0) is 0 Å². The molecule has 6 heteroatoms. The van der Waals surface area contributed by atoms with Gasteiger partial charge >= 0.3 is 0 Å². The lowest BCUT2D eigenvalue weighted by atomic mass is 9.98. The molecule has 0 aliphatic heterocycles. The third-order valence-electron chi connectivity index (χ3n) is 19.0. The first-order chi connectivity index (χ1) is 44.5. The number of para-hydroxylation sites is 4. The van der Waals surface area contributed by atoms with Gasteiger partial charge in [0.2, 0.25) is 0 Å². The fraction of sp³-hybridized carbons (Fsp3) is 0. The van der Waals surface area contributed by atoms with Gasteiger partial charge in [-0.3, -0.25) is 0 Å². The Morgan fingerprint density at radius 2 is 0.356 bits per heavy atom. The molecule has 0 aliphatic carbocycles. The summed E-state index contributed by atoms with van der Waals surface area (Å²) in [7, 11) is 0. The SMILES string of the molecule is c1ccc2c(c1)oc1ccc(-c3ccc4c(c3)c3cc(-c5ccc6oc7ccccc7c6c5)ccc3n4-c3ccc(-c4ccc(-n5c6ccc(-c7ccc8oc9ccccc9c8c7)cc6c6cc(-c7ccc8oc9ccccc9c8c7)ccc65)cc4)cc3)cc12. The van der Waals surface area contributed by atoms with Gasteiger partial charge in [-0.1, -0.05) is 146 Å². The zero-order chi connectivity index (χ0) is 58.7. The molecule has 0 unspecified atom stereocenters. The number of hydrogen-bond acceptors (Lipinski definition) is 4. The summed E-state index contributed by atoms with van der Waals surface area (Å²) in [4.78, 5) is 0. The van der Waals surface area contributed by atoms with Crippen LogP contribution in [0.1, 0.15) is 0 Å². The lowest BCUT2D eigenvalue weighted by Crippen LogP contribution is -1.95. The second-order valence-electron chi connectivity index (χ2n) is 23.9. The Hall–Kier alpha value is -12.1. The van der Waals surface area contributed by atoms with Crippen LogP contribution in [0.15, 0.2) is 309 Å². The van der Waals surface area contributed by atoms with Crippen LogP contribution in [-0.4, -0.2) is 9.13 Å². The van der Waals surface area contributed by atoms with Gasteiger partial charge in [-0.25, -0.2) is 0 Å². The summed E-state index contributed by atoms with van der Waals surface area (Å²) in [5, 5.41) is 13.7. The third-order valence-corrected chi connectivity index (χ3v) is 19.0. The molecular formula is C84H48N2O4. The number of rotatable bonds is 7. The largest absolute Gasteiger partial charge is 0.456 e. The van der Waals surface area contributed by atoms with Crippen molar-refractivity contribution < 1.29 is 17.7 Å². The van der Waals surface area contributed by atoms with Gasteiger partial charge in [0.1, 0.15) is 44.7 Å². The van der Waals surface area contributed by atoms with E-state index in [1.54, 1.807) is 0 Å². The number of nitrogens with zero attached hydrogens (tertiary/aromatic N) is 2. The van der Waals surface area contributed by atoms with Crippen LogP contribution in [0, 0.1) is 0 Å². The zero-order valence-electron chi connectivity index (χ0n) is 48.2. The lowest BCUT2D eigenvalue weighted by molar-refractivity contribution is 0.668. The van der Waals surface area contributed by atoms with E-state index in [-0.39, 0.29) is 0 Å². The summed E-state index contributed by atoms with van der Waals surface area (Å²) in [5.74, 6) is 0. The van der Waals surface area contributed by atoms with Gasteiger partial charge in [0, 0.05) is 76.0 Å². The van der Waals surface area contributed by atoms with Crippen LogP contribution in [0.25, 0.3) is 198 Å². The Balaban J connectivity index is 0.686. The fourth-order valence-electron chi connectivity index (χ4n) is 14.5. The first-order valence-electron chi connectivity index (χ1n) is 30.6. The highest BCUT2D eigenvalue weighted by Gasteiger charge is 2.20.